The molecular weight excluding hydrogens is 314 g/mol. The standard InChI is InChI=1S/C14H16ClNO4S/c15-12-6-4-11(5-7-12)8-10-21(19,20)16-9-2-1-3-13(16)14(17)18/h4-8,10,13H,1-3,9H2,(H,17,18)/b10-8+. The highest BCUT2D eigenvalue weighted by Gasteiger charge is 2.35. The van der Waals surface area contributed by atoms with Crippen LogP contribution in [-0.4, -0.2) is 36.4 Å². The fourth-order valence-electron chi connectivity index (χ4n) is 2.27. The van der Waals surface area contributed by atoms with Crippen molar-refractivity contribution in [1.82, 2.24) is 4.31 Å². The molecule has 1 N–H and O–H groups in total. The Morgan fingerprint density at radius 1 is 1.29 bits per heavy atom. The first-order valence-electron chi connectivity index (χ1n) is 6.58. The van der Waals surface area contributed by atoms with Crippen LogP contribution in [0.1, 0.15) is 24.8 Å². The highest BCUT2D eigenvalue weighted by atomic mass is 35.5. The molecule has 21 heavy (non-hydrogen) atoms. The molecular formula is C14H16ClNO4S. The smallest absolute Gasteiger partial charge is 0.322 e. The van der Waals surface area contributed by atoms with Crippen LogP contribution in [0.2, 0.25) is 5.02 Å². The summed E-state index contributed by atoms with van der Waals surface area (Å²) < 4.78 is 25.6. The molecule has 0 radical (unpaired) electrons. The van der Waals surface area contributed by atoms with Crippen molar-refractivity contribution in [3.8, 4) is 0 Å². The molecule has 1 aromatic rings. The van der Waals surface area contributed by atoms with E-state index >= 15 is 0 Å². The monoisotopic (exact) mass is 329 g/mol. The summed E-state index contributed by atoms with van der Waals surface area (Å²) >= 11 is 5.76. The van der Waals surface area contributed by atoms with Gasteiger partial charge in [-0.2, -0.15) is 4.31 Å². The van der Waals surface area contributed by atoms with E-state index in [0.29, 0.717) is 23.4 Å². The second-order valence-electron chi connectivity index (χ2n) is 4.86. The summed E-state index contributed by atoms with van der Waals surface area (Å²) in [5, 5.41) is 10.8. The van der Waals surface area contributed by atoms with Crippen LogP contribution in [0.4, 0.5) is 0 Å². The summed E-state index contributed by atoms with van der Waals surface area (Å²) in [5.41, 5.74) is 0.687. The van der Waals surface area contributed by atoms with Gasteiger partial charge in [0.25, 0.3) is 0 Å². The van der Waals surface area contributed by atoms with Crippen LogP contribution in [0.3, 0.4) is 0 Å². The summed E-state index contributed by atoms with van der Waals surface area (Å²) in [5.74, 6) is -1.10. The summed E-state index contributed by atoms with van der Waals surface area (Å²) in [4.78, 5) is 11.2. The van der Waals surface area contributed by atoms with Gasteiger partial charge in [0.2, 0.25) is 10.0 Å². The van der Waals surface area contributed by atoms with Gasteiger partial charge in [0.15, 0.2) is 0 Å². The number of carboxylic acid groups (broad SMARTS) is 1. The quantitative estimate of drug-likeness (QED) is 0.921. The Labute approximate surface area is 128 Å². The zero-order chi connectivity index (χ0) is 15.5. The predicted molar refractivity (Wildman–Crippen MR) is 81.4 cm³/mol. The topological polar surface area (TPSA) is 74.7 Å². The Morgan fingerprint density at radius 2 is 1.95 bits per heavy atom. The first-order valence-corrected chi connectivity index (χ1v) is 8.46. The zero-order valence-corrected chi connectivity index (χ0v) is 12.8. The van der Waals surface area contributed by atoms with Gasteiger partial charge in [-0.3, -0.25) is 4.79 Å². The van der Waals surface area contributed by atoms with Crippen LogP contribution in [0.25, 0.3) is 6.08 Å². The first-order chi connectivity index (χ1) is 9.90. The normalized spacial score (nSPS) is 20.7. The minimum Gasteiger partial charge on any atom is -0.480 e. The van der Waals surface area contributed by atoms with E-state index in [1.54, 1.807) is 24.3 Å². The minimum atomic E-state index is -3.75. The van der Waals surface area contributed by atoms with Crippen LogP contribution in [0.15, 0.2) is 29.7 Å². The third-order valence-corrected chi connectivity index (χ3v) is 5.19. The number of sulfonamides is 1. The number of benzene rings is 1. The van der Waals surface area contributed by atoms with Gasteiger partial charge in [-0.1, -0.05) is 23.7 Å². The number of rotatable bonds is 4. The van der Waals surface area contributed by atoms with Gasteiger partial charge in [0, 0.05) is 17.0 Å². The minimum absolute atomic E-state index is 0.240. The molecule has 1 aliphatic rings. The van der Waals surface area contributed by atoms with E-state index in [0.717, 1.165) is 16.1 Å². The Kier molecular flexibility index (Phi) is 5.03. The molecule has 1 fully saturated rings. The molecule has 1 atom stereocenters. The summed E-state index contributed by atoms with van der Waals surface area (Å²) in [7, 11) is -3.75. The van der Waals surface area contributed by atoms with Crippen molar-refractivity contribution in [2.45, 2.75) is 25.3 Å². The SMILES string of the molecule is O=C(O)C1CCCCN1S(=O)(=O)/C=C/c1ccc(Cl)cc1. The molecule has 0 amide bonds. The van der Waals surface area contributed by atoms with E-state index in [9.17, 15) is 13.2 Å². The Bertz CT molecular complexity index is 639. The second-order valence-corrected chi connectivity index (χ2v) is 7.07. The Balaban J connectivity index is 2.20. The lowest BCUT2D eigenvalue weighted by atomic mass is 10.1. The molecule has 114 valence electrons. The number of nitrogens with zero attached hydrogens (tertiary/aromatic N) is 1. The van der Waals surface area contributed by atoms with E-state index in [2.05, 4.69) is 0 Å². The Morgan fingerprint density at radius 3 is 2.57 bits per heavy atom. The molecule has 0 saturated carbocycles. The molecule has 2 rings (SSSR count). The van der Waals surface area contributed by atoms with Gasteiger partial charge in [0.05, 0.1) is 0 Å². The molecule has 0 spiro atoms. The van der Waals surface area contributed by atoms with Crippen molar-refractivity contribution in [3.63, 3.8) is 0 Å². The summed E-state index contributed by atoms with van der Waals surface area (Å²) in [6, 6.07) is 5.74. The van der Waals surface area contributed by atoms with Crippen LogP contribution in [0.5, 0.6) is 0 Å². The molecule has 7 heteroatoms. The van der Waals surface area contributed by atoms with Crippen molar-refractivity contribution in [2.24, 2.45) is 0 Å². The fourth-order valence-corrected chi connectivity index (χ4v) is 3.82. The molecule has 1 aromatic carbocycles. The van der Waals surface area contributed by atoms with Crippen LogP contribution in [-0.2, 0) is 14.8 Å². The molecule has 1 saturated heterocycles. The van der Waals surface area contributed by atoms with Gasteiger partial charge in [-0.25, -0.2) is 8.42 Å². The lowest BCUT2D eigenvalue weighted by Gasteiger charge is -2.30. The Hall–Kier alpha value is -1.37. The molecule has 1 unspecified atom stereocenters. The van der Waals surface area contributed by atoms with Crippen LogP contribution >= 0.6 is 11.6 Å². The van der Waals surface area contributed by atoms with Gasteiger partial charge in [-0.15, -0.1) is 0 Å². The number of aliphatic carboxylic acids is 1. The average Bonchev–Trinajstić information content (AvgIpc) is 2.47. The number of carbonyl (C=O) groups is 1. The molecule has 0 aliphatic carbocycles. The maximum Gasteiger partial charge on any atom is 0.322 e. The number of halogens is 1. The largest absolute Gasteiger partial charge is 0.480 e. The van der Waals surface area contributed by atoms with Gasteiger partial charge >= 0.3 is 5.97 Å². The lowest BCUT2D eigenvalue weighted by Crippen LogP contribution is -2.47. The van der Waals surface area contributed by atoms with Crippen molar-refractivity contribution >= 4 is 33.7 Å². The highest BCUT2D eigenvalue weighted by molar-refractivity contribution is 7.92. The molecule has 1 heterocycles. The first kappa shape index (κ1) is 16.0. The lowest BCUT2D eigenvalue weighted by molar-refractivity contribution is -0.142. The van der Waals surface area contributed by atoms with Crippen molar-refractivity contribution in [3.05, 3.63) is 40.3 Å². The maximum atomic E-state index is 12.3. The van der Waals surface area contributed by atoms with E-state index in [-0.39, 0.29) is 6.54 Å². The van der Waals surface area contributed by atoms with Crippen molar-refractivity contribution in [2.75, 3.05) is 6.54 Å². The van der Waals surface area contributed by atoms with E-state index in [1.807, 2.05) is 0 Å². The molecule has 0 bridgehead atoms. The number of carboxylic acids is 1. The summed E-state index contributed by atoms with van der Waals surface area (Å²) in [6.07, 6.45) is 3.20. The van der Waals surface area contributed by atoms with Crippen LogP contribution < -0.4 is 0 Å². The number of hydrogen-bond acceptors (Lipinski definition) is 3. The average molecular weight is 330 g/mol. The van der Waals surface area contributed by atoms with Gasteiger partial charge in [0.1, 0.15) is 6.04 Å². The third-order valence-electron chi connectivity index (χ3n) is 3.37. The zero-order valence-electron chi connectivity index (χ0n) is 11.3. The number of hydrogen-bond donors (Lipinski definition) is 1. The number of piperidine rings is 1. The van der Waals surface area contributed by atoms with Crippen LogP contribution in [0, 0.1) is 0 Å². The van der Waals surface area contributed by atoms with Crippen molar-refractivity contribution in [1.29, 1.82) is 0 Å². The van der Waals surface area contributed by atoms with E-state index in [4.69, 9.17) is 16.7 Å². The third kappa shape index (κ3) is 4.06. The predicted octanol–water partition coefficient (Wildman–Crippen LogP) is 2.58. The van der Waals surface area contributed by atoms with E-state index in [1.165, 1.54) is 6.08 Å². The van der Waals surface area contributed by atoms with Gasteiger partial charge in [-0.05, 0) is 43.0 Å². The molecule has 5 nitrogen and oxygen atoms in total. The summed E-state index contributed by atoms with van der Waals surface area (Å²) in [6.45, 7) is 0.240. The van der Waals surface area contributed by atoms with Gasteiger partial charge < -0.3 is 5.11 Å². The maximum absolute atomic E-state index is 12.3. The molecule has 0 aromatic heterocycles. The second kappa shape index (κ2) is 6.60. The molecule has 1 aliphatic heterocycles. The highest BCUT2D eigenvalue weighted by Crippen LogP contribution is 2.22. The fraction of sp³-hybridized carbons (Fsp3) is 0.357. The van der Waals surface area contributed by atoms with E-state index < -0.39 is 22.0 Å². The van der Waals surface area contributed by atoms with Crippen molar-refractivity contribution < 1.29 is 18.3 Å².